The summed E-state index contributed by atoms with van der Waals surface area (Å²) in [5, 5.41) is 0. The third kappa shape index (κ3) is 5.32. The quantitative estimate of drug-likeness (QED) is 0.792. The highest BCUT2D eigenvalue weighted by Crippen LogP contribution is 2.25. The Labute approximate surface area is 134 Å². The summed E-state index contributed by atoms with van der Waals surface area (Å²) in [6.45, 7) is 3.08. The molecule has 2 N–H and O–H groups in total. The van der Waals surface area contributed by atoms with Crippen LogP contribution in [0.2, 0.25) is 0 Å². The lowest BCUT2D eigenvalue weighted by Gasteiger charge is -2.25. The number of ether oxygens (including phenoxy) is 1. The monoisotopic (exact) mass is 337 g/mol. The van der Waals surface area contributed by atoms with E-state index in [4.69, 9.17) is 10.5 Å². The predicted octanol–water partition coefficient (Wildman–Crippen LogP) is 1.23. The topological polar surface area (TPSA) is 58.8 Å². The maximum absolute atomic E-state index is 12.5. The molecule has 0 saturated carbocycles. The number of nitrogens with zero attached hydrogens (tertiary/aromatic N) is 2. The number of rotatable bonds is 6. The van der Waals surface area contributed by atoms with E-state index in [0.717, 1.165) is 12.8 Å². The Hall–Kier alpha value is -0.860. The van der Waals surface area contributed by atoms with Gasteiger partial charge in [0.05, 0.1) is 12.6 Å². The summed E-state index contributed by atoms with van der Waals surface area (Å²) in [6, 6.07) is 0. The molecule has 0 bridgehead atoms. The Kier molecular flexibility index (Phi) is 6.27. The summed E-state index contributed by atoms with van der Waals surface area (Å²) in [5.41, 5.74) is 5.54. The molecule has 5 nitrogen and oxygen atoms in total. The van der Waals surface area contributed by atoms with Crippen molar-refractivity contribution in [3.8, 4) is 0 Å². The van der Waals surface area contributed by atoms with Gasteiger partial charge in [-0.05, 0) is 31.7 Å². The van der Waals surface area contributed by atoms with E-state index < -0.39 is 18.8 Å². The Bertz CT molecular complexity index is 406. The molecule has 0 aromatic heterocycles. The molecule has 0 aliphatic carbocycles. The van der Waals surface area contributed by atoms with Gasteiger partial charge in [-0.25, -0.2) is 0 Å². The van der Waals surface area contributed by atoms with Crippen LogP contribution in [0.3, 0.4) is 0 Å². The van der Waals surface area contributed by atoms with Crippen LogP contribution in [0.1, 0.15) is 26.2 Å². The fourth-order valence-corrected chi connectivity index (χ4v) is 3.37. The highest BCUT2D eigenvalue weighted by atomic mass is 19.4. The molecule has 134 valence electrons. The second-order valence-corrected chi connectivity index (χ2v) is 6.44. The summed E-state index contributed by atoms with van der Waals surface area (Å²) < 4.78 is 43.2. The van der Waals surface area contributed by atoms with Crippen LogP contribution < -0.4 is 5.73 Å². The molecular weight excluding hydrogens is 311 g/mol. The molecule has 0 aromatic rings. The SMILES string of the molecule is CCN(CC1CCN(C(=O)[C@@H]2CC[C@H](CN)O2)C1)CC(F)(F)F. The van der Waals surface area contributed by atoms with E-state index in [1.807, 2.05) is 0 Å². The molecule has 2 fully saturated rings. The van der Waals surface area contributed by atoms with Crippen molar-refractivity contribution in [3.05, 3.63) is 0 Å². The van der Waals surface area contributed by atoms with Gasteiger partial charge in [0.2, 0.25) is 0 Å². The zero-order chi connectivity index (χ0) is 17.0. The Balaban J connectivity index is 1.80. The fourth-order valence-electron chi connectivity index (χ4n) is 3.37. The normalized spacial score (nSPS) is 28.8. The van der Waals surface area contributed by atoms with E-state index in [1.54, 1.807) is 11.8 Å². The lowest BCUT2D eigenvalue weighted by Crippen LogP contribution is -2.40. The third-order valence-corrected chi connectivity index (χ3v) is 4.61. The Morgan fingerprint density at radius 1 is 1.35 bits per heavy atom. The van der Waals surface area contributed by atoms with Crippen LogP contribution in [0, 0.1) is 5.92 Å². The average Bonchev–Trinajstić information content (AvgIpc) is 3.13. The van der Waals surface area contributed by atoms with Crippen LogP contribution in [-0.4, -0.2) is 73.4 Å². The summed E-state index contributed by atoms with van der Waals surface area (Å²) in [7, 11) is 0. The highest BCUT2D eigenvalue weighted by molar-refractivity contribution is 5.81. The first kappa shape index (κ1) is 18.5. The number of hydrogen-bond donors (Lipinski definition) is 1. The van der Waals surface area contributed by atoms with Crippen molar-refractivity contribution in [2.24, 2.45) is 11.7 Å². The van der Waals surface area contributed by atoms with Gasteiger partial charge >= 0.3 is 6.18 Å². The highest BCUT2D eigenvalue weighted by Gasteiger charge is 2.37. The van der Waals surface area contributed by atoms with E-state index in [1.165, 1.54) is 4.90 Å². The van der Waals surface area contributed by atoms with Crippen molar-refractivity contribution >= 4 is 5.91 Å². The number of halogens is 3. The standard InChI is InChI=1S/C15H26F3N3O2/c1-2-20(10-15(16,17)18)8-11-5-6-21(9-11)14(22)13-4-3-12(7-19)23-13/h11-13H,2-10,19H2,1H3/t11?,12-,13+/m1/s1. The predicted molar refractivity (Wildman–Crippen MR) is 79.8 cm³/mol. The minimum Gasteiger partial charge on any atom is -0.364 e. The molecule has 2 heterocycles. The van der Waals surface area contributed by atoms with Crippen LogP contribution in [0.15, 0.2) is 0 Å². The minimum absolute atomic E-state index is 0.0395. The van der Waals surface area contributed by atoms with Gasteiger partial charge in [-0.2, -0.15) is 13.2 Å². The van der Waals surface area contributed by atoms with Crippen molar-refractivity contribution in [1.29, 1.82) is 0 Å². The molecule has 2 rings (SSSR count). The van der Waals surface area contributed by atoms with Gasteiger partial charge in [0.25, 0.3) is 5.91 Å². The number of likely N-dealkylation sites (tertiary alicyclic amines) is 1. The first-order valence-corrected chi connectivity index (χ1v) is 8.25. The maximum atomic E-state index is 12.5. The van der Waals surface area contributed by atoms with Crippen LogP contribution in [0.25, 0.3) is 0 Å². The van der Waals surface area contributed by atoms with Gasteiger partial charge in [0.15, 0.2) is 0 Å². The molecule has 8 heteroatoms. The van der Waals surface area contributed by atoms with Crippen LogP contribution in [0.5, 0.6) is 0 Å². The average molecular weight is 337 g/mol. The molecule has 1 unspecified atom stereocenters. The second kappa shape index (κ2) is 7.81. The van der Waals surface area contributed by atoms with Gasteiger partial charge in [0.1, 0.15) is 6.10 Å². The zero-order valence-electron chi connectivity index (χ0n) is 13.5. The number of hydrogen-bond acceptors (Lipinski definition) is 4. The van der Waals surface area contributed by atoms with Crippen molar-refractivity contribution in [2.45, 2.75) is 44.6 Å². The van der Waals surface area contributed by atoms with Crippen LogP contribution in [-0.2, 0) is 9.53 Å². The van der Waals surface area contributed by atoms with Gasteiger partial charge in [-0.1, -0.05) is 6.92 Å². The molecule has 2 saturated heterocycles. The van der Waals surface area contributed by atoms with Crippen molar-refractivity contribution in [2.75, 3.05) is 39.3 Å². The van der Waals surface area contributed by atoms with E-state index >= 15 is 0 Å². The third-order valence-electron chi connectivity index (χ3n) is 4.61. The maximum Gasteiger partial charge on any atom is 0.401 e. The molecule has 3 atom stereocenters. The molecule has 0 radical (unpaired) electrons. The lowest BCUT2D eigenvalue weighted by molar-refractivity contribution is -0.147. The second-order valence-electron chi connectivity index (χ2n) is 6.44. The van der Waals surface area contributed by atoms with Gasteiger partial charge < -0.3 is 15.4 Å². The molecule has 1 amide bonds. The number of nitrogens with two attached hydrogens (primary N) is 1. The first-order valence-electron chi connectivity index (χ1n) is 8.25. The summed E-state index contributed by atoms with van der Waals surface area (Å²) in [4.78, 5) is 15.5. The molecular formula is C15H26F3N3O2. The van der Waals surface area contributed by atoms with Crippen LogP contribution >= 0.6 is 0 Å². The molecule has 0 aromatic carbocycles. The first-order chi connectivity index (χ1) is 10.8. The van der Waals surface area contributed by atoms with Gasteiger partial charge in [-0.3, -0.25) is 9.69 Å². The summed E-state index contributed by atoms with van der Waals surface area (Å²) in [6.07, 6.45) is -2.45. The number of alkyl halides is 3. The van der Waals surface area contributed by atoms with E-state index in [2.05, 4.69) is 0 Å². The lowest BCUT2D eigenvalue weighted by atomic mass is 10.1. The number of carbonyl (C=O) groups excluding carboxylic acids is 1. The van der Waals surface area contributed by atoms with E-state index in [9.17, 15) is 18.0 Å². The summed E-state index contributed by atoms with van der Waals surface area (Å²) >= 11 is 0. The van der Waals surface area contributed by atoms with Crippen LogP contribution in [0.4, 0.5) is 13.2 Å². The molecule has 2 aliphatic heterocycles. The van der Waals surface area contributed by atoms with Gasteiger partial charge in [0, 0.05) is 26.2 Å². The number of carbonyl (C=O) groups is 1. The number of amides is 1. The fraction of sp³-hybridized carbons (Fsp3) is 0.933. The molecule has 2 aliphatic rings. The smallest absolute Gasteiger partial charge is 0.364 e. The van der Waals surface area contributed by atoms with Crippen molar-refractivity contribution in [3.63, 3.8) is 0 Å². The molecule has 23 heavy (non-hydrogen) atoms. The van der Waals surface area contributed by atoms with E-state index in [-0.39, 0.29) is 17.9 Å². The zero-order valence-corrected chi connectivity index (χ0v) is 13.5. The Morgan fingerprint density at radius 3 is 2.65 bits per heavy atom. The van der Waals surface area contributed by atoms with Crippen molar-refractivity contribution in [1.82, 2.24) is 9.80 Å². The van der Waals surface area contributed by atoms with E-state index in [0.29, 0.717) is 39.1 Å². The van der Waals surface area contributed by atoms with Crippen molar-refractivity contribution < 1.29 is 22.7 Å². The minimum atomic E-state index is -4.18. The molecule has 0 spiro atoms. The largest absolute Gasteiger partial charge is 0.401 e. The summed E-state index contributed by atoms with van der Waals surface area (Å²) in [5.74, 6) is 0.0512. The van der Waals surface area contributed by atoms with Gasteiger partial charge in [-0.15, -0.1) is 0 Å². The Morgan fingerprint density at radius 2 is 2.09 bits per heavy atom.